The van der Waals surface area contributed by atoms with E-state index >= 15 is 0 Å². The minimum atomic E-state index is -1.25. The Morgan fingerprint density at radius 1 is 1.25 bits per heavy atom. The van der Waals surface area contributed by atoms with Gasteiger partial charge in [-0.3, -0.25) is 0 Å². The molecule has 110 valence electrons. The first-order valence-corrected chi connectivity index (χ1v) is 6.06. The summed E-state index contributed by atoms with van der Waals surface area (Å²) in [6, 6.07) is 4.39. The van der Waals surface area contributed by atoms with Crippen LogP contribution in [0.3, 0.4) is 0 Å². The van der Waals surface area contributed by atoms with Crippen molar-refractivity contribution in [3.63, 3.8) is 0 Å². The first kappa shape index (κ1) is 15.9. The Bertz CT molecular complexity index is 496. The molecule has 1 atom stereocenters. The molecule has 1 N–H and O–H groups in total. The Kier molecular flexibility index (Phi) is 5.07. The lowest BCUT2D eigenvalue weighted by molar-refractivity contribution is -0.143. The summed E-state index contributed by atoms with van der Waals surface area (Å²) in [5.41, 5.74) is -0.704. The Morgan fingerprint density at radius 2 is 1.85 bits per heavy atom. The highest BCUT2D eigenvalue weighted by Crippen LogP contribution is 2.19. The molecule has 0 spiro atoms. The molecule has 0 aromatic heterocycles. The third kappa shape index (κ3) is 4.53. The van der Waals surface area contributed by atoms with Gasteiger partial charge in [-0.15, -0.1) is 0 Å². The van der Waals surface area contributed by atoms with Crippen molar-refractivity contribution in [2.45, 2.75) is 32.4 Å². The second-order valence-corrected chi connectivity index (χ2v) is 5.12. The van der Waals surface area contributed by atoms with Gasteiger partial charge in [0.2, 0.25) is 0 Å². The summed E-state index contributed by atoms with van der Waals surface area (Å²) >= 11 is 0. The Morgan fingerprint density at radius 3 is 2.35 bits per heavy atom. The number of alkyl carbamates (subject to hydrolysis) is 1. The minimum absolute atomic E-state index is 0.0187. The molecule has 5 nitrogen and oxygen atoms in total. The molecule has 1 rings (SSSR count). The van der Waals surface area contributed by atoms with Crippen LogP contribution in [-0.4, -0.2) is 24.8 Å². The van der Waals surface area contributed by atoms with Crippen molar-refractivity contribution in [3.05, 3.63) is 35.6 Å². The highest BCUT2D eigenvalue weighted by molar-refractivity contribution is 5.82. The van der Waals surface area contributed by atoms with Crippen LogP contribution in [0.4, 0.5) is 9.18 Å². The zero-order chi connectivity index (χ0) is 15.3. The van der Waals surface area contributed by atoms with Crippen molar-refractivity contribution in [1.82, 2.24) is 5.32 Å². The zero-order valence-corrected chi connectivity index (χ0v) is 11.9. The van der Waals surface area contributed by atoms with E-state index in [1.807, 2.05) is 0 Å². The van der Waals surface area contributed by atoms with Gasteiger partial charge in [0, 0.05) is 5.56 Å². The van der Waals surface area contributed by atoms with Gasteiger partial charge in [-0.1, -0.05) is 18.2 Å². The number of hydrogen-bond acceptors (Lipinski definition) is 4. The van der Waals surface area contributed by atoms with Crippen molar-refractivity contribution in [1.29, 1.82) is 0 Å². The van der Waals surface area contributed by atoms with Gasteiger partial charge in [0.25, 0.3) is 0 Å². The number of esters is 1. The number of ether oxygens (including phenoxy) is 2. The third-order valence-corrected chi connectivity index (χ3v) is 2.31. The Labute approximate surface area is 117 Å². The molecule has 0 saturated heterocycles. The van der Waals surface area contributed by atoms with Crippen LogP contribution in [0.5, 0.6) is 0 Å². The van der Waals surface area contributed by atoms with Gasteiger partial charge >= 0.3 is 12.1 Å². The molecule has 1 aromatic carbocycles. The number of carbonyl (C=O) groups excluding carboxylic acids is 2. The maximum absolute atomic E-state index is 13.7. The van der Waals surface area contributed by atoms with Gasteiger partial charge in [-0.25, -0.2) is 14.0 Å². The second kappa shape index (κ2) is 6.36. The molecule has 6 heteroatoms. The predicted molar refractivity (Wildman–Crippen MR) is 70.5 cm³/mol. The van der Waals surface area contributed by atoms with Gasteiger partial charge in [-0.05, 0) is 26.8 Å². The maximum Gasteiger partial charge on any atom is 0.408 e. The van der Waals surface area contributed by atoms with E-state index in [1.165, 1.54) is 18.2 Å². The van der Waals surface area contributed by atoms with Crippen LogP contribution in [0.1, 0.15) is 32.4 Å². The van der Waals surface area contributed by atoms with Crippen molar-refractivity contribution >= 4 is 12.1 Å². The Balaban J connectivity index is 2.95. The summed E-state index contributed by atoms with van der Waals surface area (Å²) in [6.45, 7) is 5.05. The molecule has 0 radical (unpaired) electrons. The van der Waals surface area contributed by atoms with Gasteiger partial charge in [0.15, 0.2) is 6.04 Å². The van der Waals surface area contributed by atoms with Crippen molar-refractivity contribution in [2.75, 3.05) is 7.11 Å². The highest BCUT2D eigenvalue weighted by Gasteiger charge is 2.28. The van der Waals surface area contributed by atoms with Crippen molar-refractivity contribution in [3.8, 4) is 0 Å². The first-order valence-electron chi connectivity index (χ1n) is 6.06. The number of hydrogen-bond donors (Lipinski definition) is 1. The summed E-state index contributed by atoms with van der Waals surface area (Å²) in [5, 5.41) is 2.31. The molecule has 0 aliphatic rings. The topological polar surface area (TPSA) is 64.6 Å². The maximum atomic E-state index is 13.7. The summed E-state index contributed by atoms with van der Waals surface area (Å²) < 4.78 is 23.3. The standard InChI is InChI=1S/C14H18FNO4/c1-14(2,3)20-13(18)16-11(12(17)19-4)9-7-5-6-8-10(9)15/h5-8,11H,1-4H3,(H,16,18)/t11-/m0/s1. The molecular formula is C14H18FNO4. The largest absolute Gasteiger partial charge is 0.467 e. The van der Waals surface area contributed by atoms with Crippen LogP contribution in [0, 0.1) is 5.82 Å². The van der Waals surface area contributed by atoms with Gasteiger partial charge in [-0.2, -0.15) is 0 Å². The number of amides is 1. The number of nitrogens with one attached hydrogen (secondary N) is 1. The summed E-state index contributed by atoms with van der Waals surface area (Å²) in [4.78, 5) is 23.4. The first-order chi connectivity index (χ1) is 9.24. The quantitative estimate of drug-likeness (QED) is 0.866. The fraction of sp³-hybridized carbons (Fsp3) is 0.429. The van der Waals surface area contributed by atoms with Gasteiger partial charge in [0.05, 0.1) is 7.11 Å². The highest BCUT2D eigenvalue weighted by atomic mass is 19.1. The molecule has 1 amide bonds. The fourth-order valence-corrected chi connectivity index (χ4v) is 1.52. The molecule has 0 saturated carbocycles. The average Bonchev–Trinajstić information content (AvgIpc) is 2.34. The van der Waals surface area contributed by atoms with E-state index in [1.54, 1.807) is 26.8 Å². The molecule has 0 fully saturated rings. The van der Waals surface area contributed by atoms with Gasteiger partial charge < -0.3 is 14.8 Å². The van der Waals surface area contributed by atoms with Crippen molar-refractivity contribution in [2.24, 2.45) is 0 Å². The Hall–Kier alpha value is -2.11. The predicted octanol–water partition coefficient (Wildman–Crippen LogP) is 2.56. The molecule has 0 unspecified atom stereocenters. The van der Waals surface area contributed by atoms with E-state index in [2.05, 4.69) is 10.1 Å². The van der Waals surface area contributed by atoms with Crippen LogP contribution in [0.2, 0.25) is 0 Å². The van der Waals surface area contributed by atoms with Crippen molar-refractivity contribution < 1.29 is 23.5 Å². The zero-order valence-electron chi connectivity index (χ0n) is 11.9. The van der Waals surface area contributed by atoms with E-state index in [-0.39, 0.29) is 5.56 Å². The van der Waals surface area contributed by atoms with Crippen LogP contribution in [0.15, 0.2) is 24.3 Å². The van der Waals surface area contributed by atoms with E-state index in [9.17, 15) is 14.0 Å². The molecule has 0 aliphatic carbocycles. The third-order valence-electron chi connectivity index (χ3n) is 2.31. The lowest BCUT2D eigenvalue weighted by Gasteiger charge is -2.22. The number of methoxy groups -OCH3 is 1. The number of benzene rings is 1. The molecule has 20 heavy (non-hydrogen) atoms. The number of carbonyl (C=O) groups is 2. The fourth-order valence-electron chi connectivity index (χ4n) is 1.52. The SMILES string of the molecule is COC(=O)[C@@H](NC(=O)OC(C)(C)C)c1ccccc1F. The molecule has 1 aromatic rings. The van der Waals surface area contributed by atoms with Crippen LogP contribution in [0.25, 0.3) is 0 Å². The monoisotopic (exact) mass is 283 g/mol. The van der Waals surface area contributed by atoms with Crippen LogP contribution < -0.4 is 5.32 Å². The smallest absolute Gasteiger partial charge is 0.408 e. The summed E-state index contributed by atoms with van der Waals surface area (Å²) in [5.74, 6) is -1.39. The van der Waals surface area contributed by atoms with Gasteiger partial charge in [0.1, 0.15) is 11.4 Å². The average molecular weight is 283 g/mol. The summed E-state index contributed by atoms with van der Waals surface area (Å²) in [7, 11) is 1.16. The lowest BCUT2D eigenvalue weighted by Crippen LogP contribution is -2.38. The summed E-state index contributed by atoms with van der Waals surface area (Å²) in [6.07, 6.45) is -0.823. The molecule has 0 aliphatic heterocycles. The second-order valence-electron chi connectivity index (χ2n) is 5.12. The number of halogens is 1. The van der Waals surface area contributed by atoms with E-state index in [4.69, 9.17) is 4.74 Å². The number of rotatable bonds is 3. The molecule has 0 heterocycles. The molecular weight excluding hydrogens is 265 g/mol. The van der Waals surface area contributed by atoms with E-state index in [0.717, 1.165) is 7.11 Å². The van der Waals surface area contributed by atoms with E-state index in [0.29, 0.717) is 0 Å². The van der Waals surface area contributed by atoms with Crippen LogP contribution >= 0.6 is 0 Å². The van der Waals surface area contributed by atoms with Crippen LogP contribution in [-0.2, 0) is 14.3 Å². The molecule has 0 bridgehead atoms. The normalized spacial score (nSPS) is 12.4. The minimum Gasteiger partial charge on any atom is -0.467 e. The lowest BCUT2D eigenvalue weighted by atomic mass is 10.1. The van der Waals surface area contributed by atoms with E-state index < -0.39 is 29.5 Å².